The number of nitrogens with one attached hydrogen (secondary N) is 1. The molecule has 4 nitrogen and oxygen atoms in total. The van der Waals surface area contributed by atoms with Crippen LogP contribution in [0.4, 0.5) is 0 Å². The van der Waals surface area contributed by atoms with Gasteiger partial charge in [-0.3, -0.25) is 4.79 Å². The van der Waals surface area contributed by atoms with Crippen molar-refractivity contribution in [1.82, 2.24) is 10.3 Å². The average Bonchev–Trinajstić information content (AvgIpc) is 2.89. The van der Waals surface area contributed by atoms with Gasteiger partial charge in [-0.1, -0.05) is 13.8 Å². The second-order valence-corrected chi connectivity index (χ2v) is 6.21. The maximum absolute atomic E-state index is 12.1. The van der Waals surface area contributed by atoms with Crippen LogP contribution >= 0.6 is 11.8 Å². The third-order valence-corrected chi connectivity index (χ3v) is 3.98. The van der Waals surface area contributed by atoms with Crippen molar-refractivity contribution in [3.63, 3.8) is 0 Å². The summed E-state index contributed by atoms with van der Waals surface area (Å²) in [7, 11) is 0. The molecule has 1 N–H and O–H groups in total. The molecule has 2 rings (SSSR count). The van der Waals surface area contributed by atoms with E-state index in [0.29, 0.717) is 23.9 Å². The SMILES string of the molecule is CC(C)CNC(=O)c1cccnc1OC1CCSC1. The molecule has 1 fully saturated rings. The van der Waals surface area contributed by atoms with Crippen molar-refractivity contribution in [2.75, 3.05) is 18.1 Å². The molecule has 19 heavy (non-hydrogen) atoms. The quantitative estimate of drug-likeness (QED) is 0.899. The van der Waals surface area contributed by atoms with E-state index in [-0.39, 0.29) is 12.0 Å². The minimum absolute atomic E-state index is 0.109. The number of thioether (sulfide) groups is 1. The predicted molar refractivity (Wildman–Crippen MR) is 77.8 cm³/mol. The first-order valence-corrected chi connectivity index (χ1v) is 7.80. The summed E-state index contributed by atoms with van der Waals surface area (Å²) >= 11 is 1.88. The molecular formula is C14H20N2O2S. The van der Waals surface area contributed by atoms with Crippen molar-refractivity contribution in [1.29, 1.82) is 0 Å². The monoisotopic (exact) mass is 280 g/mol. The van der Waals surface area contributed by atoms with Gasteiger partial charge < -0.3 is 10.1 Å². The number of carbonyl (C=O) groups excluding carboxylic acids is 1. The summed E-state index contributed by atoms with van der Waals surface area (Å²) in [6.07, 6.45) is 2.86. The zero-order chi connectivity index (χ0) is 13.7. The summed E-state index contributed by atoms with van der Waals surface area (Å²) in [6, 6.07) is 3.53. The van der Waals surface area contributed by atoms with Crippen LogP contribution in [0.5, 0.6) is 5.88 Å². The first kappa shape index (κ1) is 14.2. The van der Waals surface area contributed by atoms with E-state index in [0.717, 1.165) is 17.9 Å². The molecule has 0 bridgehead atoms. The van der Waals surface area contributed by atoms with Gasteiger partial charge >= 0.3 is 0 Å². The molecule has 1 atom stereocenters. The van der Waals surface area contributed by atoms with Crippen molar-refractivity contribution >= 4 is 17.7 Å². The topological polar surface area (TPSA) is 51.2 Å². The number of pyridine rings is 1. The van der Waals surface area contributed by atoms with Crippen LogP contribution in [0.1, 0.15) is 30.6 Å². The van der Waals surface area contributed by atoms with Crippen LogP contribution < -0.4 is 10.1 Å². The predicted octanol–water partition coefficient (Wildman–Crippen LogP) is 2.35. The number of amides is 1. The molecule has 0 radical (unpaired) electrons. The van der Waals surface area contributed by atoms with E-state index < -0.39 is 0 Å². The second kappa shape index (κ2) is 6.80. The summed E-state index contributed by atoms with van der Waals surface area (Å²) in [6.45, 7) is 4.79. The molecule has 1 aromatic heterocycles. The zero-order valence-corrected chi connectivity index (χ0v) is 12.2. The minimum Gasteiger partial charge on any atom is -0.473 e. The van der Waals surface area contributed by atoms with Gasteiger partial charge in [-0.15, -0.1) is 0 Å². The smallest absolute Gasteiger partial charge is 0.256 e. The third kappa shape index (κ3) is 4.13. The van der Waals surface area contributed by atoms with Crippen molar-refractivity contribution in [3.05, 3.63) is 23.9 Å². The van der Waals surface area contributed by atoms with Crippen LogP contribution in [-0.2, 0) is 0 Å². The van der Waals surface area contributed by atoms with Crippen LogP contribution in [0.2, 0.25) is 0 Å². The van der Waals surface area contributed by atoms with Gasteiger partial charge in [0.1, 0.15) is 11.7 Å². The van der Waals surface area contributed by atoms with E-state index in [4.69, 9.17) is 4.74 Å². The number of hydrogen-bond acceptors (Lipinski definition) is 4. The van der Waals surface area contributed by atoms with Crippen LogP contribution in [0, 0.1) is 5.92 Å². The lowest BCUT2D eigenvalue weighted by Crippen LogP contribution is -2.28. The van der Waals surface area contributed by atoms with E-state index in [2.05, 4.69) is 24.1 Å². The lowest BCUT2D eigenvalue weighted by atomic mass is 10.2. The van der Waals surface area contributed by atoms with E-state index in [1.165, 1.54) is 0 Å². The van der Waals surface area contributed by atoms with Crippen molar-refractivity contribution in [2.24, 2.45) is 5.92 Å². The number of carbonyl (C=O) groups is 1. The van der Waals surface area contributed by atoms with Crippen LogP contribution in [0.25, 0.3) is 0 Å². The highest BCUT2D eigenvalue weighted by atomic mass is 32.2. The summed E-state index contributed by atoms with van der Waals surface area (Å²) in [5.41, 5.74) is 0.528. The van der Waals surface area contributed by atoms with E-state index in [1.807, 2.05) is 11.8 Å². The maximum atomic E-state index is 12.1. The summed E-state index contributed by atoms with van der Waals surface area (Å²) in [4.78, 5) is 16.3. The molecule has 0 spiro atoms. The fourth-order valence-electron chi connectivity index (χ4n) is 1.81. The Kier molecular flexibility index (Phi) is 5.07. The van der Waals surface area contributed by atoms with E-state index >= 15 is 0 Å². The van der Waals surface area contributed by atoms with Crippen LogP contribution in [0.15, 0.2) is 18.3 Å². The number of aromatic nitrogens is 1. The minimum atomic E-state index is -0.109. The zero-order valence-electron chi connectivity index (χ0n) is 11.4. The molecule has 1 saturated heterocycles. The van der Waals surface area contributed by atoms with Gasteiger partial charge in [-0.05, 0) is 30.2 Å². The fraction of sp³-hybridized carbons (Fsp3) is 0.571. The molecular weight excluding hydrogens is 260 g/mol. The molecule has 2 heterocycles. The molecule has 1 aliphatic heterocycles. The van der Waals surface area contributed by atoms with E-state index in [9.17, 15) is 4.79 Å². The Labute approximate surface area is 118 Å². The van der Waals surface area contributed by atoms with Crippen molar-refractivity contribution in [2.45, 2.75) is 26.4 Å². The Morgan fingerprint density at radius 2 is 2.47 bits per heavy atom. The Morgan fingerprint density at radius 1 is 1.63 bits per heavy atom. The molecule has 1 aliphatic rings. The fourth-order valence-corrected chi connectivity index (χ4v) is 2.91. The standard InChI is InChI=1S/C14H20N2O2S/c1-10(2)8-16-13(17)12-4-3-6-15-14(12)18-11-5-7-19-9-11/h3-4,6,10-11H,5,7-9H2,1-2H3,(H,16,17). The van der Waals surface area contributed by atoms with Crippen LogP contribution in [-0.4, -0.2) is 35.0 Å². The second-order valence-electron chi connectivity index (χ2n) is 5.06. The Hall–Kier alpha value is -1.23. The Morgan fingerprint density at radius 3 is 3.16 bits per heavy atom. The summed E-state index contributed by atoms with van der Waals surface area (Å²) in [5, 5.41) is 2.90. The molecule has 1 unspecified atom stereocenters. The normalized spacial score (nSPS) is 18.6. The highest BCUT2D eigenvalue weighted by Gasteiger charge is 2.21. The molecule has 0 aliphatic carbocycles. The summed E-state index contributed by atoms with van der Waals surface area (Å²) in [5.74, 6) is 2.87. The summed E-state index contributed by atoms with van der Waals surface area (Å²) < 4.78 is 5.84. The number of nitrogens with zero attached hydrogens (tertiary/aromatic N) is 1. The van der Waals surface area contributed by atoms with Gasteiger partial charge in [-0.25, -0.2) is 4.98 Å². The average molecular weight is 280 g/mol. The molecule has 1 amide bonds. The van der Waals surface area contributed by atoms with Crippen molar-refractivity contribution < 1.29 is 9.53 Å². The highest BCUT2D eigenvalue weighted by Crippen LogP contribution is 2.24. The molecule has 0 saturated carbocycles. The van der Waals surface area contributed by atoms with Gasteiger partial charge in [0.15, 0.2) is 0 Å². The van der Waals surface area contributed by atoms with Gasteiger partial charge in [0.05, 0.1) is 0 Å². The molecule has 0 aromatic carbocycles. The molecule has 5 heteroatoms. The number of ether oxygens (including phenoxy) is 1. The lowest BCUT2D eigenvalue weighted by molar-refractivity contribution is 0.0941. The van der Waals surface area contributed by atoms with Gasteiger partial charge in [-0.2, -0.15) is 11.8 Å². The van der Waals surface area contributed by atoms with Gasteiger partial charge in [0.25, 0.3) is 5.91 Å². The highest BCUT2D eigenvalue weighted by molar-refractivity contribution is 7.99. The third-order valence-electron chi connectivity index (χ3n) is 2.85. The maximum Gasteiger partial charge on any atom is 0.256 e. The van der Waals surface area contributed by atoms with Crippen LogP contribution in [0.3, 0.4) is 0 Å². The number of hydrogen-bond donors (Lipinski definition) is 1. The Balaban J connectivity index is 2.04. The largest absolute Gasteiger partial charge is 0.473 e. The van der Waals surface area contributed by atoms with Crippen molar-refractivity contribution in [3.8, 4) is 5.88 Å². The van der Waals surface area contributed by atoms with Gasteiger partial charge in [0.2, 0.25) is 5.88 Å². The molecule has 1 aromatic rings. The first-order chi connectivity index (χ1) is 9.16. The Bertz CT molecular complexity index is 431. The lowest BCUT2D eigenvalue weighted by Gasteiger charge is -2.15. The van der Waals surface area contributed by atoms with Gasteiger partial charge in [0, 0.05) is 18.5 Å². The van der Waals surface area contributed by atoms with E-state index in [1.54, 1.807) is 18.3 Å². The molecule has 104 valence electrons. The number of rotatable bonds is 5. The first-order valence-electron chi connectivity index (χ1n) is 6.64.